The second kappa shape index (κ2) is 8.85. The van der Waals surface area contributed by atoms with Gasteiger partial charge in [0.1, 0.15) is 11.6 Å². The highest BCUT2D eigenvalue weighted by Crippen LogP contribution is 2.08. The molecule has 1 aromatic carbocycles. The fraction of sp³-hybridized carbons (Fsp3) is 0.294. The molecule has 2 rings (SSSR count). The number of carbonyl (C=O) groups is 1. The number of hydrogen-bond donors (Lipinski definition) is 2. The minimum atomic E-state index is -0.240. The molecule has 122 valence electrons. The van der Waals surface area contributed by atoms with Crippen molar-refractivity contribution in [3.8, 4) is 0 Å². The summed E-state index contributed by atoms with van der Waals surface area (Å²) >= 11 is 0. The quantitative estimate of drug-likeness (QED) is 0.733. The number of nitrogens with one attached hydrogen (secondary N) is 2. The third-order valence-corrected chi connectivity index (χ3v) is 3.25. The zero-order valence-corrected chi connectivity index (χ0v) is 13.0. The smallest absolute Gasteiger partial charge is 0.251 e. The number of carbonyl (C=O) groups excluding carboxylic acids is 1. The Labute approximate surface area is 134 Å². The summed E-state index contributed by atoms with van der Waals surface area (Å²) in [4.78, 5) is 16.1. The Hall–Kier alpha value is -2.47. The Kier molecular flexibility index (Phi) is 6.50. The second-order valence-corrected chi connectivity index (χ2v) is 4.98. The highest BCUT2D eigenvalue weighted by Gasteiger charge is 2.06. The lowest BCUT2D eigenvalue weighted by Gasteiger charge is -2.08. The maximum atomic E-state index is 12.8. The third-order valence-electron chi connectivity index (χ3n) is 3.25. The van der Waals surface area contributed by atoms with E-state index in [0.717, 1.165) is 12.0 Å². The van der Waals surface area contributed by atoms with Gasteiger partial charge in [-0.25, -0.2) is 9.37 Å². The minimum Gasteiger partial charge on any atom is -0.383 e. The van der Waals surface area contributed by atoms with E-state index >= 15 is 0 Å². The van der Waals surface area contributed by atoms with Crippen LogP contribution >= 0.6 is 0 Å². The SMILES string of the molecule is COCCNC(=O)c1ccnc(NCCc2ccc(F)cc2)c1. The summed E-state index contributed by atoms with van der Waals surface area (Å²) in [6.45, 7) is 1.58. The molecular formula is C17H20FN3O2. The van der Waals surface area contributed by atoms with Crippen LogP contribution in [0.2, 0.25) is 0 Å². The molecule has 0 saturated carbocycles. The average Bonchev–Trinajstić information content (AvgIpc) is 2.57. The second-order valence-electron chi connectivity index (χ2n) is 4.98. The highest BCUT2D eigenvalue weighted by molar-refractivity contribution is 5.94. The fourth-order valence-corrected chi connectivity index (χ4v) is 2.02. The number of rotatable bonds is 8. The molecule has 2 N–H and O–H groups in total. The molecule has 0 atom stereocenters. The van der Waals surface area contributed by atoms with Crippen LogP contribution in [-0.4, -0.2) is 37.7 Å². The van der Waals surface area contributed by atoms with E-state index in [-0.39, 0.29) is 11.7 Å². The molecular weight excluding hydrogens is 297 g/mol. The molecule has 0 unspecified atom stereocenters. The molecule has 0 aliphatic rings. The lowest BCUT2D eigenvalue weighted by atomic mass is 10.1. The summed E-state index contributed by atoms with van der Waals surface area (Å²) in [6, 6.07) is 9.76. The Bertz CT molecular complexity index is 632. The Morgan fingerprint density at radius 2 is 2.00 bits per heavy atom. The van der Waals surface area contributed by atoms with E-state index in [1.54, 1.807) is 37.6 Å². The van der Waals surface area contributed by atoms with E-state index in [1.165, 1.54) is 12.1 Å². The molecule has 5 nitrogen and oxygen atoms in total. The third kappa shape index (κ3) is 5.67. The van der Waals surface area contributed by atoms with Crippen LogP contribution in [0.1, 0.15) is 15.9 Å². The average molecular weight is 317 g/mol. The van der Waals surface area contributed by atoms with Crippen molar-refractivity contribution in [1.82, 2.24) is 10.3 Å². The number of ether oxygens (including phenoxy) is 1. The van der Waals surface area contributed by atoms with E-state index < -0.39 is 0 Å². The van der Waals surface area contributed by atoms with Crippen molar-refractivity contribution < 1.29 is 13.9 Å². The van der Waals surface area contributed by atoms with Gasteiger partial charge in [0.25, 0.3) is 5.91 Å². The van der Waals surface area contributed by atoms with Crippen molar-refractivity contribution >= 4 is 11.7 Å². The van der Waals surface area contributed by atoms with Crippen LogP contribution in [0.4, 0.5) is 10.2 Å². The van der Waals surface area contributed by atoms with Gasteiger partial charge in [-0.15, -0.1) is 0 Å². The van der Waals surface area contributed by atoms with Gasteiger partial charge in [0.2, 0.25) is 0 Å². The van der Waals surface area contributed by atoms with Gasteiger partial charge >= 0.3 is 0 Å². The Morgan fingerprint density at radius 1 is 1.22 bits per heavy atom. The van der Waals surface area contributed by atoms with Gasteiger partial charge in [0, 0.05) is 32.0 Å². The number of methoxy groups -OCH3 is 1. The van der Waals surface area contributed by atoms with Crippen molar-refractivity contribution in [3.05, 3.63) is 59.5 Å². The van der Waals surface area contributed by atoms with Gasteiger partial charge in [-0.05, 0) is 36.2 Å². The van der Waals surface area contributed by atoms with Crippen LogP contribution in [-0.2, 0) is 11.2 Å². The first-order chi connectivity index (χ1) is 11.2. The van der Waals surface area contributed by atoms with E-state index in [1.807, 2.05) is 0 Å². The molecule has 23 heavy (non-hydrogen) atoms. The normalized spacial score (nSPS) is 10.3. The van der Waals surface area contributed by atoms with Crippen molar-refractivity contribution in [1.29, 1.82) is 0 Å². The first-order valence-corrected chi connectivity index (χ1v) is 7.40. The largest absolute Gasteiger partial charge is 0.383 e. The first kappa shape index (κ1) is 16.9. The van der Waals surface area contributed by atoms with Crippen LogP contribution < -0.4 is 10.6 Å². The molecule has 0 aliphatic carbocycles. The monoisotopic (exact) mass is 317 g/mol. The van der Waals surface area contributed by atoms with Gasteiger partial charge < -0.3 is 15.4 Å². The number of pyridine rings is 1. The molecule has 0 spiro atoms. The summed E-state index contributed by atoms with van der Waals surface area (Å²) in [5, 5.41) is 5.92. The zero-order valence-electron chi connectivity index (χ0n) is 13.0. The fourth-order valence-electron chi connectivity index (χ4n) is 2.02. The number of benzene rings is 1. The maximum Gasteiger partial charge on any atom is 0.251 e. The van der Waals surface area contributed by atoms with Crippen molar-refractivity contribution in [3.63, 3.8) is 0 Å². The molecule has 2 aromatic rings. The number of anilines is 1. The first-order valence-electron chi connectivity index (χ1n) is 7.40. The number of amides is 1. The lowest BCUT2D eigenvalue weighted by molar-refractivity contribution is 0.0937. The van der Waals surface area contributed by atoms with E-state index in [2.05, 4.69) is 15.6 Å². The maximum absolute atomic E-state index is 12.8. The van der Waals surface area contributed by atoms with Gasteiger partial charge in [-0.3, -0.25) is 4.79 Å². The summed E-state index contributed by atoms with van der Waals surface area (Å²) in [5.74, 6) is 0.230. The number of halogens is 1. The van der Waals surface area contributed by atoms with Crippen molar-refractivity contribution in [2.45, 2.75) is 6.42 Å². The predicted molar refractivity (Wildman–Crippen MR) is 87.0 cm³/mol. The van der Waals surface area contributed by atoms with Gasteiger partial charge in [-0.2, -0.15) is 0 Å². The highest BCUT2D eigenvalue weighted by atomic mass is 19.1. The molecule has 0 bridgehead atoms. The van der Waals surface area contributed by atoms with E-state index in [9.17, 15) is 9.18 Å². The van der Waals surface area contributed by atoms with Gasteiger partial charge in [0.05, 0.1) is 6.61 Å². The molecule has 1 amide bonds. The topological polar surface area (TPSA) is 63.2 Å². The van der Waals surface area contributed by atoms with Crippen molar-refractivity contribution in [2.24, 2.45) is 0 Å². The molecule has 0 fully saturated rings. The van der Waals surface area contributed by atoms with Crippen LogP contribution in [0.5, 0.6) is 0 Å². The predicted octanol–water partition coefficient (Wildman–Crippen LogP) is 2.25. The zero-order chi connectivity index (χ0) is 16.5. The van der Waals surface area contributed by atoms with Gasteiger partial charge in [-0.1, -0.05) is 12.1 Å². The van der Waals surface area contributed by atoms with Crippen molar-refractivity contribution in [2.75, 3.05) is 32.1 Å². The lowest BCUT2D eigenvalue weighted by Crippen LogP contribution is -2.27. The van der Waals surface area contributed by atoms with Crippen LogP contribution in [0.15, 0.2) is 42.6 Å². The molecule has 0 radical (unpaired) electrons. The van der Waals surface area contributed by atoms with Crippen LogP contribution in [0.3, 0.4) is 0 Å². The van der Waals surface area contributed by atoms with E-state index in [4.69, 9.17) is 4.74 Å². The number of aromatic nitrogens is 1. The van der Waals surface area contributed by atoms with Gasteiger partial charge in [0.15, 0.2) is 0 Å². The summed E-state index contributed by atoms with van der Waals surface area (Å²) in [6.07, 6.45) is 2.33. The summed E-state index contributed by atoms with van der Waals surface area (Å²) in [5.41, 5.74) is 1.58. The molecule has 1 aromatic heterocycles. The van der Waals surface area contributed by atoms with Crippen LogP contribution in [0.25, 0.3) is 0 Å². The summed E-state index contributed by atoms with van der Waals surface area (Å²) in [7, 11) is 1.59. The number of nitrogens with zero attached hydrogens (tertiary/aromatic N) is 1. The standard InChI is InChI=1S/C17H20FN3O2/c1-23-11-10-21-17(22)14-7-9-20-16(12-14)19-8-6-13-2-4-15(18)5-3-13/h2-5,7,9,12H,6,8,10-11H2,1H3,(H,19,20)(H,21,22). The number of hydrogen-bond acceptors (Lipinski definition) is 4. The minimum absolute atomic E-state index is 0.161. The Morgan fingerprint density at radius 3 is 2.74 bits per heavy atom. The molecule has 0 aliphatic heterocycles. The van der Waals surface area contributed by atoms with Crippen LogP contribution in [0, 0.1) is 5.82 Å². The molecule has 6 heteroatoms. The Balaban J connectivity index is 1.84. The molecule has 0 saturated heterocycles. The molecule has 1 heterocycles. The summed E-state index contributed by atoms with van der Waals surface area (Å²) < 4.78 is 17.7. The van der Waals surface area contributed by atoms with E-state index in [0.29, 0.717) is 31.1 Å².